The van der Waals surface area contributed by atoms with E-state index in [1.807, 2.05) is 16.9 Å². The Morgan fingerprint density at radius 2 is 2.31 bits per heavy atom. The van der Waals surface area contributed by atoms with Crippen LogP contribution in [0.2, 0.25) is 6.82 Å². The van der Waals surface area contributed by atoms with Crippen molar-refractivity contribution in [3.8, 4) is 0 Å². The molecule has 4 heteroatoms. The number of anilines is 1. The van der Waals surface area contributed by atoms with Crippen molar-refractivity contribution >= 4 is 18.5 Å². The van der Waals surface area contributed by atoms with Gasteiger partial charge in [0.25, 0.3) is 0 Å². The normalized spacial score (nSPS) is 13.8. The van der Waals surface area contributed by atoms with Crippen molar-refractivity contribution in [3.05, 3.63) is 29.3 Å². The van der Waals surface area contributed by atoms with Gasteiger partial charge in [0, 0.05) is 18.7 Å². The Kier molecular flexibility index (Phi) is 3.01. The molecule has 2 rings (SSSR count). The number of benzene rings is 1. The molecular weight excluding hydrogens is 201 g/mol. The Labute approximate surface area is 96.2 Å². The lowest BCUT2D eigenvalue weighted by Gasteiger charge is -2.20. The van der Waals surface area contributed by atoms with Crippen LogP contribution in [-0.4, -0.2) is 24.4 Å². The zero-order chi connectivity index (χ0) is 11.7. The van der Waals surface area contributed by atoms with Crippen LogP contribution in [0.1, 0.15) is 18.1 Å². The summed E-state index contributed by atoms with van der Waals surface area (Å²) >= 11 is 0. The molecule has 0 unspecified atom stereocenters. The van der Waals surface area contributed by atoms with Gasteiger partial charge in [-0.2, -0.15) is 0 Å². The molecule has 0 amide bonds. The maximum Gasteiger partial charge on any atom is 0.409 e. The zero-order valence-electron chi connectivity index (χ0n) is 9.73. The maximum atomic E-state index is 11.0. The zero-order valence-corrected chi connectivity index (χ0v) is 9.73. The van der Waals surface area contributed by atoms with Gasteiger partial charge >= 0.3 is 7.05 Å². The molecule has 0 fully saturated rings. The van der Waals surface area contributed by atoms with E-state index >= 15 is 0 Å². The van der Waals surface area contributed by atoms with Crippen LogP contribution in [0.3, 0.4) is 0 Å². The quantitative estimate of drug-likeness (QED) is 0.775. The van der Waals surface area contributed by atoms with E-state index in [-0.39, 0.29) is 5.78 Å². The molecule has 0 bridgehead atoms. The van der Waals surface area contributed by atoms with Gasteiger partial charge in [0.15, 0.2) is 0 Å². The van der Waals surface area contributed by atoms with E-state index in [0.29, 0.717) is 6.42 Å². The van der Waals surface area contributed by atoms with Crippen LogP contribution >= 0.6 is 0 Å². The molecule has 1 aliphatic heterocycles. The smallest absolute Gasteiger partial charge is 0.409 e. The van der Waals surface area contributed by atoms with Crippen molar-refractivity contribution in [2.45, 2.75) is 26.6 Å². The lowest BCUT2D eigenvalue weighted by Crippen LogP contribution is -2.35. The van der Waals surface area contributed by atoms with Crippen molar-refractivity contribution in [2.24, 2.45) is 0 Å². The summed E-state index contributed by atoms with van der Waals surface area (Å²) in [5.41, 5.74) is 3.40. The average Bonchev–Trinajstić information content (AvgIpc) is 2.59. The van der Waals surface area contributed by atoms with Crippen molar-refractivity contribution in [1.82, 2.24) is 0 Å². The Balaban J connectivity index is 2.25. The van der Waals surface area contributed by atoms with Crippen molar-refractivity contribution < 1.29 is 9.82 Å². The fourth-order valence-electron chi connectivity index (χ4n) is 2.27. The molecule has 1 heterocycles. The van der Waals surface area contributed by atoms with Gasteiger partial charge in [0.2, 0.25) is 0 Å². The third-order valence-corrected chi connectivity index (χ3v) is 2.98. The summed E-state index contributed by atoms with van der Waals surface area (Å²) in [7, 11) is -0.445. The summed E-state index contributed by atoms with van der Waals surface area (Å²) in [6, 6.07) is 6.06. The number of nitrogens with zero attached hydrogens (tertiary/aromatic N) is 1. The van der Waals surface area contributed by atoms with Gasteiger partial charge in [-0.15, -0.1) is 0 Å². The van der Waals surface area contributed by atoms with Crippen molar-refractivity contribution in [3.63, 3.8) is 0 Å². The van der Waals surface area contributed by atoms with Crippen molar-refractivity contribution in [2.75, 3.05) is 11.4 Å². The number of hydrogen-bond acceptors (Lipinski definition) is 3. The van der Waals surface area contributed by atoms with Crippen LogP contribution in [0.4, 0.5) is 5.69 Å². The highest BCUT2D eigenvalue weighted by molar-refractivity contribution is 6.54. The van der Waals surface area contributed by atoms with Crippen LogP contribution in [-0.2, 0) is 17.6 Å². The summed E-state index contributed by atoms with van der Waals surface area (Å²) in [6.45, 7) is 4.24. The molecule has 16 heavy (non-hydrogen) atoms. The van der Waals surface area contributed by atoms with Crippen molar-refractivity contribution in [1.29, 1.82) is 0 Å². The molecule has 0 aromatic heterocycles. The Hall–Kier alpha value is -1.29. The molecule has 0 spiro atoms. The van der Waals surface area contributed by atoms with E-state index in [4.69, 9.17) is 0 Å². The van der Waals surface area contributed by atoms with Gasteiger partial charge < -0.3 is 9.83 Å². The van der Waals surface area contributed by atoms with Crippen LogP contribution in [0.5, 0.6) is 0 Å². The maximum absolute atomic E-state index is 11.0. The molecular formula is C12H16BNO2. The van der Waals surface area contributed by atoms with Gasteiger partial charge in [-0.05, 0) is 37.4 Å². The number of carbonyl (C=O) groups excluding carboxylic acids is 1. The van der Waals surface area contributed by atoms with E-state index < -0.39 is 7.05 Å². The molecule has 3 nitrogen and oxygen atoms in total. The number of ketones is 1. The molecule has 1 N–H and O–H groups in total. The Bertz CT molecular complexity index is 417. The predicted octanol–water partition coefficient (Wildman–Crippen LogP) is 1.29. The summed E-state index contributed by atoms with van der Waals surface area (Å²) < 4.78 is 0. The van der Waals surface area contributed by atoms with Gasteiger partial charge in [0.1, 0.15) is 5.78 Å². The molecule has 0 saturated heterocycles. The highest BCUT2D eigenvalue weighted by Gasteiger charge is 2.24. The first-order chi connectivity index (χ1) is 7.58. The van der Waals surface area contributed by atoms with Crippen LogP contribution < -0.4 is 4.81 Å². The van der Waals surface area contributed by atoms with Gasteiger partial charge in [-0.1, -0.05) is 12.1 Å². The third kappa shape index (κ3) is 2.12. The van der Waals surface area contributed by atoms with Gasteiger partial charge in [-0.25, -0.2) is 0 Å². The van der Waals surface area contributed by atoms with E-state index in [9.17, 15) is 9.82 Å². The molecule has 1 aromatic carbocycles. The standard InChI is InChI=1S/C12H16BNO2/c1-9(15)7-10-3-4-12-11(8-10)5-6-14(12)13(2)16/h3-4,8,16H,5-7H2,1-2H3. The van der Waals surface area contributed by atoms with Gasteiger partial charge in [-0.3, -0.25) is 4.79 Å². The van der Waals surface area contributed by atoms with E-state index in [1.54, 1.807) is 13.7 Å². The van der Waals surface area contributed by atoms with E-state index in [2.05, 4.69) is 6.07 Å². The predicted molar refractivity (Wildman–Crippen MR) is 65.7 cm³/mol. The lowest BCUT2D eigenvalue weighted by molar-refractivity contribution is -0.116. The summed E-state index contributed by atoms with van der Waals surface area (Å²) in [4.78, 5) is 13.0. The minimum atomic E-state index is -0.445. The first-order valence-electron chi connectivity index (χ1n) is 5.64. The second-order valence-corrected chi connectivity index (χ2v) is 4.42. The minimum absolute atomic E-state index is 0.185. The van der Waals surface area contributed by atoms with Gasteiger partial charge in [0.05, 0.1) is 0 Å². The van der Waals surface area contributed by atoms with Crippen LogP contribution in [0, 0.1) is 0 Å². The fraction of sp³-hybridized carbons (Fsp3) is 0.417. The largest absolute Gasteiger partial charge is 0.432 e. The summed E-state index contributed by atoms with van der Waals surface area (Å²) in [5, 5.41) is 9.59. The molecule has 0 atom stereocenters. The number of fused-ring (bicyclic) bond motifs is 1. The highest BCUT2D eigenvalue weighted by Crippen LogP contribution is 2.29. The van der Waals surface area contributed by atoms with E-state index in [0.717, 1.165) is 24.2 Å². The monoisotopic (exact) mass is 217 g/mol. The first-order valence-corrected chi connectivity index (χ1v) is 5.64. The van der Waals surface area contributed by atoms with Crippen LogP contribution in [0.25, 0.3) is 0 Å². The Morgan fingerprint density at radius 1 is 1.56 bits per heavy atom. The second-order valence-electron chi connectivity index (χ2n) is 4.42. The summed E-state index contributed by atoms with van der Waals surface area (Å²) in [6.07, 6.45) is 1.45. The fourth-order valence-corrected chi connectivity index (χ4v) is 2.27. The molecule has 0 saturated carbocycles. The number of hydrogen-bond donors (Lipinski definition) is 1. The SMILES string of the molecule is CB(O)N1CCc2cc(CC(C)=O)ccc21. The molecule has 1 aromatic rings. The average molecular weight is 217 g/mol. The molecule has 1 aliphatic rings. The van der Waals surface area contributed by atoms with E-state index in [1.165, 1.54) is 5.56 Å². The topological polar surface area (TPSA) is 40.5 Å². The number of carbonyl (C=O) groups is 1. The third-order valence-electron chi connectivity index (χ3n) is 2.98. The molecule has 0 aliphatic carbocycles. The number of rotatable bonds is 3. The second kappa shape index (κ2) is 4.30. The van der Waals surface area contributed by atoms with Crippen LogP contribution in [0.15, 0.2) is 18.2 Å². The Morgan fingerprint density at radius 3 is 2.94 bits per heavy atom. The molecule has 0 radical (unpaired) electrons. The molecule has 84 valence electrons. The highest BCUT2D eigenvalue weighted by atomic mass is 16.2. The summed E-state index contributed by atoms with van der Waals surface area (Å²) in [5.74, 6) is 0.185. The lowest BCUT2D eigenvalue weighted by atomic mass is 9.85. The minimum Gasteiger partial charge on any atom is -0.432 e. The number of Topliss-reactive ketones (excluding diaryl/α,β-unsaturated/α-hetero) is 1. The first kappa shape index (κ1) is 11.2.